The smallest absolute Gasteiger partial charge is 0.0559 e. The van der Waals surface area contributed by atoms with Crippen molar-refractivity contribution in [2.45, 2.75) is 6.92 Å². The van der Waals surface area contributed by atoms with Crippen molar-refractivity contribution in [1.29, 1.82) is 0 Å². The summed E-state index contributed by atoms with van der Waals surface area (Å²) in [5, 5.41) is 2.57. The number of nitrogens with zero attached hydrogens (tertiary/aromatic N) is 1. The molecule has 0 radical (unpaired) electrons. The van der Waals surface area contributed by atoms with Gasteiger partial charge >= 0.3 is 0 Å². The maximum atomic E-state index is 5.47. The molecule has 3 aromatic rings. The number of anilines is 2. The third-order valence-corrected chi connectivity index (χ3v) is 4.57. The lowest BCUT2D eigenvalue weighted by Gasteiger charge is -2.42. The zero-order valence-electron chi connectivity index (χ0n) is 13.4. The number of hydrogen-bond donors (Lipinski definition) is 0. The second-order valence-electron chi connectivity index (χ2n) is 6.72. The molecule has 1 heterocycles. The first-order valence-corrected chi connectivity index (χ1v) is 8.13. The van der Waals surface area contributed by atoms with Crippen molar-refractivity contribution in [3.05, 3.63) is 72.8 Å². The molecule has 0 N–H and O–H groups in total. The molecule has 2 nitrogen and oxygen atoms in total. The van der Waals surface area contributed by atoms with Crippen LogP contribution in [0.1, 0.15) is 6.92 Å². The van der Waals surface area contributed by atoms with E-state index in [9.17, 15) is 0 Å². The molecule has 4 rings (SSSR count). The number of hydrogen-bond acceptors (Lipinski definition) is 2. The maximum Gasteiger partial charge on any atom is 0.0559 e. The van der Waals surface area contributed by atoms with Crippen LogP contribution in [0, 0.1) is 5.41 Å². The van der Waals surface area contributed by atoms with Crippen molar-refractivity contribution in [3.8, 4) is 0 Å². The molecule has 0 amide bonds. The van der Waals surface area contributed by atoms with Gasteiger partial charge in [-0.15, -0.1) is 0 Å². The summed E-state index contributed by atoms with van der Waals surface area (Å²) in [5.41, 5.74) is 2.71. The van der Waals surface area contributed by atoms with Gasteiger partial charge < -0.3 is 9.64 Å². The molecule has 0 spiro atoms. The molecule has 2 heteroatoms. The molecule has 0 bridgehead atoms. The highest BCUT2D eigenvalue weighted by Crippen LogP contribution is 2.37. The van der Waals surface area contributed by atoms with Crippen LogP contribution in [0.4, 0.5) is 11.4 Å². The van der Waals surface area contributed by atoms with Crippen LogP contribution in [-0.4, -0.2) is 19.8 Å². The third-order valence-electron chi connectivity index (χ3n) is 4.57. The van der Waals surface area contributed by atoms with E-state index in [1.54, 1.807) is 0 Å². The van der Waals surface area contributed by atoms with Crippen LogP contribution in [0.2, 0.25) is 0 Å². The topological polar surface area (TPSA) is 12.5 Å². The van der Waals surface area contributed by atoms with Gasteiger partial charge in [-0.2, -0.15) is 0 Å². The fourth-order valence-corrected chi connectivity index (χ4v) is 3.29. The molecule has 1 saturated heterocycles. The van der Waals surface area contributed by atoms with E-state index in [0.29, 0.717) is 0 Å². The highest BCUT2D eigenvalue weighted by atomic mass is 16.5. The fourth-order valence-electron chi connectivity index (χ4n) is 3.29. The van der Waals surface area contributed by atoms with Crippen LogP contribution >= 0.6 is 0 Å². The van der Waals surface area contributed by atoms with Gasteiger partial charge in [0.2, 0.25) is 0 Å². The van der Waals surface area contributed by atoms with Crippen molar-refractivity contribution >= 4 is 22.1 Å². The van der Waals surface area contributed by atoms with E-state index < -0.39 is 0 Å². The first-order chi connectivity index (χ1) is 11.3. The summed E-state index contributed by atoms with van der Waals surface area (Å²) < 4.78 is 5.47. The Morgan fingerprint density at radius 1 is 0.870 bits per heavy atom. The number of fused-ring (bicyclic) bond motifs is 1. The molecular weight excluding hydrogens is 282 g/mol. The van der Waals surface area contributed by atoms with Gasteiger partial charge in [-0.3, -0.25) is 0 Å². The van der Waals surface area contributed by atoms with Gasteiger partial charge in [-0.05, 0) is 23.6 Å². The summed E-state index contributed by atoms with van der Waals surface area (Å²) in [6, 6.07) is 25.8. The lowest BCUT2D eigenvalue weighted by Crippen LogP contribution is -2.47. The van der Waals surface area contributed by atoms with E-state index in [0.717, 1.165) is 19.8 Å². The van der Waals surface area contributed by atoms with Crippen LogP contribution < -0.4 is 4.90 Å². The molecule has 0 aliphatic carbocycles. The van der Waals surface area contributed by atoms with E-state index in [-0.39, 0.29) is 5.41 Å². The number of benzene rings is 3. The van der Waals surface area contributed by atoms with Gasteiger partial charge in [-0.25, -0.2) is 0 Å². The Bertz CT molecular complexity index is 803. The molecule has 1 aliphatic heterocycles. The summed E-state index contributed by atoms with van der Waals surface area (Å²) in [7, 11) is 0. The second-order valence-corrected chi connectivity index (χ2v) is 6.72. The minimum Gasteiger partial charge on any atom is -0.380 e. The van der Waals surface area contributed by atoms with Crippen molar-refractivity contribution in [2.24, 2.45) is 5.41 Å². The maximum absolute atomic E-state index is 5.47. The standard InChI is InChI=1S/C21H21NO/c1-21(15-23-16-21)14-22(18-10-3-2-4-11-18)20-13-7-9-17-8-5-6-12-19(17)20/h2-13H,14-16H2,1H3. The van der Waals surface area contributed by atoms with Crippen LogP contribution in [0.25, 0.3) is 10.8 Å². The van der Waals surface area contributed by atoms with E-state index in [1.165, 1.54) is 22.1 Å². The van der Waals surface area contributed by atoms with Gasteiger partial charge in [0.25, 0.3) is 0 Å². The van der Waals surface area contributed by atoms with Crippen molar-refractivity contribution in [2.75, 3.05) is 24.7 Å². The minimum absolute atomic E-state index is 0.215. The Labute approximate surface area is 137 Å². The van der Waals surface area contributed by atoms with Gasteiger partial charge in [0, 0.05) is 28.7 Å². The minimum atomic E-state index is 0.215. The van der Waals surface area contributed by atoms with Crippen molar-refractivity contribution < 1.29 is 4.74 Å². The Hall–Kier alpha value is -2.32. The molecule has 0 unspecified atom stereocenters. The summed E-state index contributed by atoms with van der Waals surface area (Å²) in [5.74, 6) is 0. The van der Waals surface area contributed by atoms with Crippen LogP contribution in [0.3, 0.4) is 0 Å². The largest absolute Gasteiger partial charge is 0.380 e. The van der Waals surface area contributed by atoms with Crippen LogP contribution in [-0.2, 0) is 4.74 Å². The van der Waals surface area contributed by atoms with Gasteiger partial charge in [0.15, 0.2) is 0 Å². The summed E-state index contributed by atoms with van der Waals surface area (Å²) in [4.78, 5) is 2.44. The number of para-hydroxylation sites is 1. The Morgan fingerprint density at radius 3 is 2.30 bits per heavy atom. The summed E-state index contributed by atoms with van der Waals surface area (Å²) in [6.45, 7) is 4.94. The van der Waals surface area contributed by atoms with Gasteiger partial charge in [0.05, 0.1) is 13.2 Å². The lowest BCUT2D eigenvalue weighted by atomic mass is 9.87. The average molecular weight is 303 g/mol. The zero-order valence-corrected chi connectivity index (χ0v) is 13.4. The Balaban J connectivity index is 1.83. The predicted molar refractivity (Wildman–Crippen MR) is 96.3 cm³/mol. The van der Waals surface area contributed by atoms with Crippen LogP contribution in [0.15, 0.2) is 72.8 Å². The first-order valence-electron chi connectivity index (χ1n) is 8.13. The molecule has 23 heavy (non-hydrogen) atoms. The molecule has 116 valence electrons. The van der Waals surface area contributed by atoms with E-state index in [4.69, 9.17) is 4.74 Å². The average Bonchev–Trinajstić information content (AvgIpc) is 2.58. The normalized spacial score (nSPS) is 16.0. The zero-order chi connectivity index (χ0) is 15.7. The number of ether oxygens (including phenoxy) is 1. The van der Waals surface area contributed by atoms with E-state index in [1.807, 2.05) is 0 Å². The number of rotatable bonds is 4. The molecule has 1 fully saturated rings. The molecule has 0 aromatic heterocycles. The highest BCUT2D eigenvalue weighted by Gasteiger charge is 2.36. The monoisotopic (exact) mass is 303 g/mol. The van der Waals surface area contributed by atoms with Gasteiger partial charge in [0.1, 0.15) is 0 Å². The van der Waals surface area contributed by atoms with Crippen LogP contribution in [0.5, 0.6) is 0 Å². The fraction of sp³-hybridized carbons (Fsp3) is 0.238. The quantitative estimate of drug-likeness (QED) is 0.671. The molecule has 1 aliphatic rings. The molecular formula is C21H21NO. The van der Waals surface area contributed by atoms with E-state index in [2.05, 4.69) is 84.6 Å². The SMILES string of the molecule is CC1(CN(c2ccccc2)c2cccc3ccccc23)COC1. The second kappa shape index (κ2) is 5.71. The van der Waals surface area contributed by atoms with Crippen molar-refractivity contribution in [1.82, 2.24) is 0 Å². The lowest BCUT2D eigenvalue weighted by molar-refractivity contribution is -0.0946. The van der Waals surface area contributed by atoms with Crippen molar-refractivity contribution in [3.63, 3.8) is 0 Å². The molecule has 0 saturated carbocycles. The summed E-state index contributed by atoms with van der Waals surface area (Å²) >= 11 is 0. The first kappa shape index (κ1) is 14.3. The summed E-state index contributed by atoms with van der Waals surface area (Å²) in [6.07, 6.45) is 0. The van der Waals surface area contributed by atoms with Gasteiger partial charge in [-0.1, -0.05) is 61.5 Å². The molecule has 3 aromatic carbocycles. The third kappa shape index (κ3) is 2.71. The highest BCUT2D eigenvalue weighted by molar-refractivity contribution is 5.96. The Kier molecular flexibility index (Phi) is 3.55. The Morgan fingerprint density at radius 2 is 1.57 bits per heavy atom. The predicted octanol–water partition coefficient (Wildman–Crippen LogP) is 5.01. The van der Waals surface area contributed by atoms with E-state index >= 15 is 0 Å². The molecule has 0 atom stereocenters.